The van der Waals surface area contributed by atoms with Gasteiger partial charge in [0, 0.05) is 45.2 Å². The van der Waals surface area contributed by atoms with Gasteiger partial charge < -0.3 is 14.5 Å². The Labute approximate surface area is 176 Å². The zero-order chi connectivity index (χ0) is 21.0. The van der Waals surface area contributed by atoms with Gasteiger partial charge in [0.25, 0.3) is 5.91 Å². The molecular weight excluding hydrogens is 410 g/mol. The highest BCUT2D eigenvalue weighted by atomic mass is 32.2. The number of hydrogen-bond acceptors (Lipinski definition) is 6. The van der Waals surface area contributed by atoms with Gasteiger partial charge in [0.05, 0.1) is 17.2 Å². The first-order valence-corrected chi connectivity index (χ1v) is 12.2. The molecule has 1 saturated heterocycles. The number of hydrogen-bond donors (Lipinski definition) is 1. The van der Waals surface area contributed by atoms with Crippen molar-refractivity contribution in [1.82, 2.24) is 4.90 Å². The van der Waals surface area contributed by atoms with Gasteiger partial charge in [-0.05, 0) is 48.1 Å². The lowest BCUT2D eigenvalue weighted by Crippen LogP contribution is -2.37. The molecular formula is C20H27N3O4S2. The summed E-state index contributed by atoms with van der Waals surface area (Å²) in [5, 5.41) is 1.89. The van der Waals surface area contributed by atoms with Crippen molar-refractivity contribution in [2.75, 3.05) is 43.1 Å². The zero-order valence-corrected chi connectivity index (χ0v) is 18.6. The van der Waals surface area contributed by atoms with Crippen molar-refractivity contribution in [3.8, 4) is 0 Å². The van der Waals surface area contributed by atoms with Gasteiger partial charge in [-0.25, -0.2) is 8.42 Å². The number of carbonyl (C=O) groups is 1. The second-order valence-electron chi connectivity index (χ2n) is 7.41. The van der Waals surface area contributed by atoms with E-state index in [9.17, 15) is 13.2 Å². The van der Waals surface area contributed by atoms with Crippen LogP contribution in [-0.2, 0) is 21.3 Å². The van der Waals surface area contributed by atoms with Crippen LogP contribution in [-0.4, -0.2) is 58.8 Å². The quantitative estimate of drug-likeness (QED) is 0.687. The Morgan fingerprint density at radius 1 is 1.31 bits per heavy atom. The maximum atomic E-state index is 13.1. The van der Waals surface area contributed by atoms with Crippen LogP contribution in [0.1, 0.15) is 28.1 Å². The van der Waals surface area contributed by atoms with Gasteiger partial charge in [-0.15, -0.1) is 11.3 Å². The van der Waals surface area contributed by atoms with Crippen LogP contribution in [0.3, 0.4) is 0 Å². The fraction of sp³-hybridized carbons (Fsp3) is 0.450. The number of amides is 1. The lowest BCUT2D eigenvalue weighted by atomic mass is 10.1. The Bertz CT molecular complexity index is 937. The molecule has 0 unspecified atom stereocenters. The Hall–Kier alpha value is -2.10. The molecule has 1 atom stereocenters. The molecule has 3 rings (SSSR count). The van der Waals surface area contributed by atoms with Crippen molar-refractivity contribution in [2.24, 2.45) is 0 Å². The Morgan fingerprint density at radius 3 is 2.69 bits per heavy atom. The molecule has 1 fully saturated rings. The van der Waals surface area contributed by atoms with Crippen LogP contribution in [0.15, 0.2) is 35.7 Å². The largest absolute Gasteiger partial charge is 0.377 e. The summed E-state index contributed by atoms with van der Waals surface area (Å²) in [5.41, 5.74) is 2.28. The summed E-state index contributed by atoms with van der Waals surface area (Å²) in [7, 11) is 0.461. The molecule has 2 aromatic rings. The maximum Gasteiger partial charge on any atom is 0.264 e. The third-order valence-corrected chi connectivity index (χ3v) is 6.16. The first kappa shape index (κ1) is 21.6. The Morgan fingerprint density at radius 2 is 2.10 bits per heavy atom. The summed E-state index contributed by atoms with van der Waals surface area (Å²) in [5.74, 6) is -0.0401. The summed E-state index contributed by atoms with van der Waals surface area (Å²) in [4.78, 5) is 17.6. The van der Waals surface area contributed by atoms with Gasteiger partial charge in [0.2, 0.25) is 10.0 Å². The van der Waals surface area contributed by atoms with E-state index in [0.29, 0.717) is 23.7 Å². The summed E-state index contributed by atoms with van der Waals surface area (Å²) in [6.45, 7) is 1.60. The van der Waals surface area contributed by atoms with E-state index in [1.54, 1.807) is 17.0 Å². The van der Waals surface area contributed by atoms with Crippen molar-refractivity contribution >= 4 is 38.6 Å². The number of sulfonamides is 1. The number of carbonyl (C=O) groups excluding carboxylic acids is 1. The lowest BCUT2D eigenvalue weighted by molar-refractivity contribution is 0.0511. The van der Waals surface area contributed by atoms with Gasteiger partial charge in [0.15, 0.2) is 0 Å². The first-order chi connectivity index (χ1) is 13.7. The molecule has 0 spiro atoms. The highest BCUT2D eigenvalue weighted by Gasteiger charge is 2.25. The number of nitrogens with zero attached hydrogens (tertiary/aromatic N) is 2. The van der Waals surface area contributed by atoms with Crippen molar-refractivity contribution < 1.29 is 17.9 Å². The molecule has 29 heavy (non-hydrogen) atoms. The van der Waals surface area contributed by atoms with Crippen LogP contribution in [0.25, 0.3) is 0 Å². The number of rotatable bonds is 8. The van der Waals surface area contributed by atoms with E-state index in [1.165, 1.54) is 11.3 Å². The van der Waals surface area contributed by atoms with Crippen LogP contribution in [0.4, 0.5) is 11.4 Å². The summed E-state index contributed by atoms with van der Waals surface area (Å²) in [6.07, 6.45) is 3.09. The van der Waals surface area contributed by atoms with Gasteiger partial charge in [-0.3, -0.25) is 9.52 Å². The summed E-state index contributed by atoms with van der Waals surface area (Å²) >= 11 is 1.42. The molecule has 9 heteroatoms. The fourth-order valence-corrected chi connectivity index (χ4v) is 4.69. The predicted molar refractivity (Wildman–Crippen MR) is 117 cm³/mol. The van der Waals surface area contributed by atoms with Crippen molar-refractivity contribution in [1.29, 1.82) is 0 Å². The first-order valence-electron chi connectivity index (χ1n) is 9.45. The molecule has 1 aromatic heterocycles. The number of nitrogens with one attached hydrogen (secondary N) is 1. The monoisotopic (exact) mass is 437 g/mol. The number of ether oxygens (including phenoxy) is 1. The van der Waals surface area contributed by atoms with Crippen molar-refractivity contribution in [3.63, 3.8) is 0 Å². The van der Waals surface area contributed by atoms with E-state index in [-0.39, 0.29) is 12.0 Å². The number of anilines is 2. The maximum absolute atomic E-state index is 13.1. The van der Waals surface area contributed by atoms with Crippen LogP contribution < -0.4 is 9.62 Å². The topological polar surface area (TPSA) is 79.0 Å². The molecule has 1 amide bonds. The van der Waals surface area contributed by atoms with Crippen LogP contribution in [0.2, 0.25) is 0 Å². The predicted octanol–water partition coefficient (Wildman–Crippen LogP) is 3.01. The van der Waals surface area contributed by atoms with E-state index in [4.69, 9.17) is 4.74 Å². The minimum absolute atomic E-state index is 0.0269. The SMILES string of the molecule is CN(C)c1ccc(NS(C)(=O)=O)cc1CN(C[C@H]1CCCO1)C(=O)c1cccs1. The highest BCUT2D eigenvalue weighted by molar-refractivity contribution is 7.92. The van der Waals surface area contributed by atoms with E-state index < -0.39 is 10.0 Å². The van der Waals surface area contributed by atoms with Gasteiger partial charge in [-0.2, -0.15) is 0 Å². The third-order valence-electron chi connectivity index (χ3n) is 4.69. The number of benzene rings is 1. The second kappa shape index (κ2) is 9.15. The zero-order valence-electron chi connectivity index (χ0n) is 16.9. The van der Waals surface area contributed by atoms with Crippen LogP contribution >= 0.6 is 11.3 Å². The lowest BCUT2D eigenvalue weighted by Gasteiger charge is -2.28. The third kappa shape index (κ3) is 5.94. The van der Waals surface area contributed by atoms with Crippen LogP contribution in [0.5, 0.6) is 0 Å². The molecule has 158 valence electrons. The molecule has 1 aliphatic heterocycles. The van der Waals surface area contributed by atoms with Crippen molar-refractivity contribution in [2.45, 2.75) is 25.5 Å². The van der Waals surface area contributed by atoms with Gasteiger partial charge in [0.1, 0.15) is 0 Å². The molecule has 0 radical (unpaired) electrons. The molecule has 7 nitrogen and oxygen atoms in total. The molecule has 1 aliphatic rings. The van der Waals surface area contributed by atoms with E-state index in [2.05, 4.69) is 4.72 Å². The smallest absolute Gasteiger partial charge is 0.264 e. The molecule has 0 saturated carbocycles. The Balaban J connectivity index is 1.91. The molecule has 0 aliphatic carbocycles. The summed E-state index contributed by atoms with van der Waals surface area (Å²) < 4.78 is 31.6. The average molecular weight is 438 g/mol. The average Bonchev–Trinajstić information content (AvgIpc) is 3.33. The van der Waals surface area contributed by atoms with E-state index in [1.807, 2.05) is 42.6 Å². The molecule has 1 aromatic carbocycles. The number of thiophene rings is 1. The van der Waals surface area contributed by atoms with Crippen LogP contribution in [0, 0.1) is 0 Å². The minimum atomic E-state index is -3.39. The standard InChI is InChI=1S/C20H27N3O4S2/c1-22(2)18-9-8-16(21-29(3,25)26)12-15(18)13-23(14-17-6-4-10-27-17)20(24)19-7-5-11-28-19/h5,7-9,11-12,17,21H,4,6,10,13-14H2,1-3H3/t17-/m1/s1. The normalized spacial score (nSPS) is 16.6. The second-order valence-corrected chi connectivity index (χ2v) is 10.1. The van der Waals surface area contributed by atoms with Gasteiger partial charge >= 0.3 is 0 Å². The highest BCUT2D eigenvalue weighted by Crippen LogP contribution is 2.27. The molecule has 2 heterocycles. The Kier molecular flexibility index (Phi) is 6.81. The minimum Gasteiger partial charge on any atom is -0.377 e. The summed E-state index contributed by atoms with van der Waals surface area (Å²) in [6, 6.07) is 9.07. The fourth-order valence-electron chi connectivity index (χ4n) is 3.44. The van der Waals surface area contributed by atoms with Crippen molar-refractivity contribution in [3.05, 3.63) is 46.2 Å². The van der Waals surface area contributed by atoms with E-state index >= 15 is 0 Å². The van der Waals surface area contributed by atoms with E-state index in [0.717, 1.165) is 37.0 Å². The molecule has 1 N–H and O–H groups in total. The van der Waals surface area contributed by atoms with Gasteiger partial charge in [-0.1, -0.05) is 6.07 Å². The molecule has 0 bridgehead atoms.